The Hall–Kier alpha value is -5.02. The number of carbonyl (C=O) groups is 1. The third kappa shape index (κ3) is 6.12. The predicted octanol–water partition coefficient (Wildman–Crippen LogP) is 7.36. The van der Waals surface area contributed by atoms with E-state index in [1.807, 2.05) is 29.0 Å². The molecule has 3 heterocycles. The van der Waals surface area contributed by atoms with E-state index in [4.69, 9.17) is 26.1 Å². The number of halogens is 3. The number of carbonyl (C=O) groups excluding carboxylic acids is 1. The van der Waals surface area contributed by atoms with E-state index in [2.05, 4.69) is 9.97 Å². The highest BCUT2D eigenvalue weighted by Gasteiger charge is 2.17. The van der Waals surface area contributed by atoms with Crippen LogP contribution < -0.4 is 4.74 Å². The summed E-state index contributed by atoms with van der Waals surface area (Å²) in [6, 6.07) is 23.4. The van der Waals surface area contributed by atoms with Crippen LogP contribution in [0.4, 0.5) is 8.78 Å². The van der Waals surface area contributed by atoms with Gasteiger partial charge in [-0.05, 0) is 66.2 Å². The summed E-state index contributed by atoms with van der Waals surface area (Å²) in [5, 5.41) is 0.297. The molecular formula is C33H25ClF2N4O3. The molecule has 0 bridgehead atoms. The van der Waals surface area contributed by atoms with E-state index in [1.54, 1.807) is 54.6 Å². The van der Waals surface area contributed by atoms with Gasteiger partial charge in [0.15, 0.2) is 0 Å². The highest BCUT2D eigenvalue weighted by atomic mass is 35.5. The molecule has 0 aliphatic heterocycles. The van der Waals surface area contributed by atoms with Crippen molar-refractivity contribution >= 4 is 28.6 Å². The third-order valence-corrected chi connectivity index (χ3v) is 7.26. The lowest BCUT2D eigenvalue weighted by Gasteiger charge is -2.11. The average molecular weight is 599 g/mol. The van der Waals surface area contributed by atoms with Crippen LogP contribution in [0.1, 0.15) is 33.0 Å². The molecule has 0 fully saturated rings. The Morgan fingerprint density at radius 2 is 1.84 bits per heavy atom. The minimum atomic E-state index is -0.476. The zero-order valence-electron chi connectivity index (χ0n) is 23.0. The monoisotopic (exact) mass is 598 g/mol. The molecule has 0 aliphatic rings. The molecule has 0 atom stereocenters. The molecule has 0 radical (unpaired) electrons. The number of methoxy groups -OCH3 is 1. The first-order valence-electron chi connectivity index (χ1n) is 13.4. The molecular weight excluding hydrogens is 574 g/mol. The van der Waals surface area contributed by atoms with Gasteiger partial charge in [0, 0.05) is 40.5 Å². The summed E-state index contributed by atoms with van der Waals surface area (Å²) in [7, 11) is 1.34. The molecule has 0 saturated carbocycles. The number of esters is 1. The van der Waals surface area contributed by atoms with Gasteiger partial charge in [0.1, 0.15) is 24.1 Å². The smallest absolute Gasteiger partial charge is 0.337 e. The number of hydrogen-bond donors (Lipinski definition) is 1. The van der Waals surface area contributed by atoms with Crippen molar-refractivity contribution in [3.8, 4) is 17.1 Å². The van der Waals surface area contributed by atoms with Crippen molar-refractivity contribution in [1.82, 2.24) is 19.5 Å². The van der Waals surface area contributed by atoms with Gasteiger partial charge < -0.3 is 19.0 Å². The van der Waals surface area contributed by atoms with Crippen molar-refractivity contribution in [2.45, 2.75) is 19.6 Å². The van der Waals surface area contributed by atoms with Crippen LogP contribution in [0.25, 0.3) is 22.3 Å². The predicted molar refractivity (Wildman–Crippen MR) is 159 cm³/mol. The van der Waals surface area contributed by atoms with Crippen molar-refractivity contribution in [1.29, 1.82) is 0 Å². The number of rotatable bonds is 9. The van der Waals surface area contributed by atoms with Crippen LogP contribution in [0.15, 0.2) is 91.1 Å². The molecule has 0 spiro atoms. The van der Waals surface area contributed by atoms with Crippen LogP contribution in [-0.4, -0.2) is 32.6 Å². The third-order valence-electron chi connectivity index (χ3n) is 7.03. The normalized spacial score (nSPS) is 11.2. The van der Waals surface area contributed by atoms with Crippen LogP contribution >= 0.6 is 11.6 Å². The number of aromatic nitrogens is 4. The first-order valence-corrected chi connectivity index (χ1v) is 13.8. The summed E-state index contributed by atoms with van der Waals surface area (Å²) in [6.45, 7) is 0.437. The maximum absolute atomic E-state index is 15.5. The van der Waals surface area contributed by atoms with Crippen molar-refractivity contribution in [2.75, 3.05) is 7.11 Å². The van der Waals surface area contributed by atoms with Crippen molar-refractivity contribution in [2.24, 2.45) is 0 Å². The van der Waals surface area contributed by atoms with E-state index in [9.17, 15) is 9.18 Å². The van der Waals surface area contributed by atoms with Crippen LogP contribution in [0.5, 0.6) is 5.88 Å². The number of ether oxygens (including phenoxy) is 2. The van der Waals surface area contributed by atoms with E-state index in [1.165, 1.54) is 19.2 Å². The second kappa shape index (κ2) is 12.1. The Balaban J connectivity index is 1.26. The average Bonchev–Trinajstić information content (AvgIpc) is 3.64. The van der Waals surface area contributed by atoms with Crippen LogP contribution in [0.3, 0.4) is 0 Å². The summed E-state index contributed by atoms with van der Waals surface area (Å²) in [5.74, 6) is -0.420. The number of aromatic amines is 1. The van der Waals surface area contributed by atoms with Crippen molar-refractivity contribution in [3.05, 3.63) is 136 Å². The standard InChI is InChI=1S/C33H25ClF2N4O3/c1-42-33(41)21-9-12-29-30(16-21)40(18-24-4-3-13-37-24)31(38-29)15-20-7-11-25(27(36)14-20)28-5-2-6-32(39-28)43-19-22-8-10-23(34)17-26(22)35/h2-14,16-17,37H,15,18-19H2,1H3. The molecule has 0 unspecified atom stereocenters. The van der Waals surface area contributed by atoms with Crippen LogP contribution in [0, 0.1) is 11.6 Å². The molecule has 1 N–H and O–H groups in total. The Kier molecular flexibility index (Phi) is 7.89. The maximum atomic E-state index is 15.5. The zero-order chi connectivity index (χ0) is 29.9. The Bertz CT molecular complexity index is 1940. The van der Waals surface area contributed by atoms with Gasteiger partial charge in [-0.3, -0.25) is 0 Å². The molecule has 10 heteroatoms. The van der Waals surface area contributed by atoms with E-state index in [0.29, 0.717) is 57.3 Å². The Labute approximate surface area is 250 Å². The topological polar surface area (TPSA) is 82.0 Å². The van der Waals surface area contributed by atoms with E-state index < -0.39 is 17.6 Å². The number of nitrogens with zero attached hydrogens (tertiary/aromatic N) is 3. The number of pyridine rings is 1. The summed E-state index contributed by atoms with van der Waals surface area (Å²) in [6.07, 6.45) is 2.19. The molecule has 7 nitrogen and oxygen atoms in total. The molecule has 6 rings (SSSR count). The molecule has 6 aromatic rings. The quantitative estimate of drug-likeness (QED) is 0.176. The minimum Gasteiger partial charge on any atom is -0.473 e. The van der Waals surface area contributed by atoms with Gasteiger partial charge in [-0.15, -0.1) is 0 Å². The van der Waals surface area contributed by atoms with E-state index in [0.717, 1.165) is 11.2 Å². The van der Waals surface area contributed by atoms with Crippen molar-refractivity contribution in [3.63, 3.8) is 0 Å². The van der Waals surface area contributed by atoms with Gasteiger partial charge in [-0.2, -0.15) is 0 Å². The largest absolute Gasteiger partial charge is 0.473 e. The number of imidazole rings is 1. The molecule has 3 aromatic heterocycles. The molecule has 0 aliphatic carbocycles. The second-order valence-corrected chi connectivity index (χ2v) is 10.3. The Morgan fingerprint density at radius 1 is 0.953 bits per heavy atom. The molecule has 0 saturated heterocycles. The fraction of sp³-hybridized carbons (Fsp3) is 0.121. The van der Waals surface area contributed by atoms with Crippen LogP contribution in [0.2, 0.25) is 5.02 Å². The van der Waals surface area contributed by atoms with Gasteiger partial charge >= 0.3 is 5.97 Å². The summed E-state index contributed by atoms with van der Waals surface area (Å²) in [5.41, 5.74) is 4.58. The van der Waals surface area contributed by atoms with Crippen LogP contribution in [-0.2, 0) is 24.3 Å². The summed E-state index contributed by atoms with van der Waals surface area (Å²) in [4.78, 5) is 24.6. The van der Waals surface area contributed by atoms with Gasteiger partial charge in [-0.1, -0.05) is 29.8 Å². The fourth-order valence-corrected chi connectivity index (χ4v) is 5.02. The zero-order valence-corrected chi connectivity index (χ0v) is 23.7. The first kappa shape index (κ1) is 28.1. The van der Waals surface area contributed by atoms with Crippen molar-refractivity contribution < 1.29 is 23.0 Å². The fourth-order valence-electron chi connectivity index (χ4n) is 4.86. The summed E-state index contributed by atoms with van der Waals surface area (Å²) >= 11 is 5.82. The molecule has 0 amide bonds. The molecule has 43 heavy (non-hydrogen) atoms. The SMILES string of the molecule is COC(=O)c1ccc2nc(Cc3ccc(-c4cccc(OCc5ccc(Cl)cc5F)n4)c(F)c3)n(Cc3ccc[nH]3)c2c1. The lowest BCUT2D eigenvalue weighted by molar-refractivity contribution is 0.0601. The second-order valence-electron chi connectivity index (χ2n) is 9.88. The van der Waals surface area contributed by atoms with Gasteiger partial charge in [0.05, 0.1) is 35.9 Å². The highest BCUT2D eigenvalue weighted by Crippen LogP contribution is 2.27. The lowest BCUT2D eigenvalue weighted by Crippen LogP contribution is -2.07. The Morgan fingerprint density at radius 3 is 2.60 bits per heavy atom. The lowest BCUT2D eigenvalue weighted by atomic mass is 10.1. The van der Waals surface area contributed by atoms with Gasteiger partial charge in [0.25, 0.3) is 0 Å². The summed E-state index contributed by atoms with van der Waals surface area (Å²) < 4.78 is 42.2. The maximum Gasteiger partial charge on any atom is 0.337 e. The van der Waals surface area contributed by atoms with Gasteiger partial charge in [0.2, 0.25) is 5.88 Å². The number of nitrogens with one attached hydrogen (secondary N) is 1. The number of H-pyrrole nitrogens is 1. The van der Waals surface area contributed by atoms with E-state index >= 15 is 4.39 Å². The number of benzene rings is 3. The highest BCUT2D eigenvalue weighted by molar-refractivity contribution is 6.30. The van der Waals surface area contributed by atoms with E-state index in [-0.39, 0.29) is 12.5 Å². The number of fused-ring (bicyclic) bond motifs is 1. The van der Waals surface area contributed by atoms with Gasteiger partial charge in [-0.25, -0.2) is 23.5 Å². The minimum absolute atomic E-state index is 0.0501. The molecule has 3 aromatic carbocycles. The number of hydrogen-bond acceptors (Lipinski definition) is 5. The molecule has 216 valence electrons. The first-order chi connectivity index (χ1) is 20.9.